The van der Waals surface area contributed by atoms with Crippen molar-refractivity contribution in [2.45, 2.75) is 39.1 Å². The highest BCUT2D eigenvalue weighted by Crippen LogP contribution is 2.41. The Morgan fingerprint density at radius 3 is 2.53 bits per heavy atom. The first-order valence-electron chi connectivity index (χ1n) is 10.4. The van der Waals surface area contributed by atoms with E-state index in [9.17, 15) is 13.2 Å². The molecule has 1 atom stereocenters. The average molecular weight is 462 g/mol. The van der Waals surface area contributed by atoms with Crippen molar-refractivity contribution < 1.29 is 22.6 Å². The summed E-state index contributed by atoms with van der Waals surface area (Å²) in [6, 6.07) is 18.0. The molecule has 0 bridgehead atoms. The van der Waals surface area contributed by atoms with Gasteiger partial charge in [0.2, 0.25) is 6.10 Å². The van der Waals surface area contributed by atoms with Crippen LogP contribution in [-0.4, -0.2) is 18.8 Å². The number of hydrogen-bond donors (Lipinski definition) is 0. The Hall–Kier alpha value is -2.86. The molecule has 0 saturated heterocycles. The number of anilines is 1. The summed E-state index contributed by atoms with van der Waals surface area (Å²) < 4.78 is 51.8. The Bertz CT molecular complexity index is 1120. The van der Waals surface area contributed by atoms with Crippen LogP contribution in [0.2, 0.25) is 5.02 Å². The average Bonchev–Trinajstić information content (AvgIpc) is 2.74. The second-order valence-corrected chi connectivity index (χ2v) is 8.26. The summed E-state index contributed by atoms with van der Waals surface area (Å²) in [7, 11) is 0. The number of rotatable bonds is 5. The van der Waals surface area contributed by atoms with E-state index in [1.807, 2.05) is 44.2 Å². The molecule has 1 aliphatic rings. The molecule has 3 nitrogen and oxygen atoms in total. The van der Waals surface area contributed by atoms with Crippen LogP contribution in [0.4, 0.5) is 18.9 Å². The third kappa shape index (κ3) is 4.96. The summed E-state index contributed by atoms with van der Waals surface area (Å²) in [5, 5.41) is 0.668. The van der Waals surface area contributed by atoms with Gasteiger partial charge in [0.05, 0.1) is 12.2 Å². The molecule has 0 aliphatic carbocycles. The molecule has 168 valence electrons. The quantitative estimate of drug-likeness (QED) is 0.397. The number of ether oxygens (including phenoxy) is 2. The third-order valence-corrected chi connectivity index (χ3v) is 5.75. The van der Waals surface area contributed by atoms with Crippen LogP contribution < -0.4 is 14.4 Å². The van der Waals surface area contributed by atoms with Gasteiger partial charge >= 0.3 is 6.18 Å². The van der Waals surface area contributed by atoms with Gasteiger partial charge in [-0.15, -0.1) is 0 Å². The van der Waals surface area contributed by atoms with Crippen molar-refractivity contribution in [2.75, 3.05) is 11.4 Å². The molecule has 3 aromatic carbocycles. The van der Waals surface area contributed by atoms with E-state index in [1.54, 1.807) is 29.2 Å². The van der Waals surface area contributed by atoms with Crippen LogP contribution in [0.15, 0.2) is 60.7 Å². The number of aryl methyl sites for hydroxylation is 2. The lowest BCUT2D eigenvalue weighted by molar-refractivity contribution is -0.193. The standard InChI is InChI=1S/C25H23ClF3NO2/c1-3-18-12-19(7-9-21(18)26)31-20-8-10-23-22(13-20)30(15-24(32-23)25(27,28)29)14-17-6-4-5-16(2)11-17/h4-13,24H,3,14-15H2,1-2H3/t24-/m1/s1. The van der Waals surface area contributed by atoms with E-state index >= 15 is 0 Å². The Labute approximate surface area is 190 Å². The van der Waals surface area contributed by atoms with Crippen LogP contribution in [0.5, 0.6) is 17.2 Å². The lowest BCUT2D eigenvalue weighted by Gasteiger charge is -2.37. The molecular formula is C25H23ClF3NO2. The van der Waals surface area contributed by atoms with Crippen LogP contribution in [0.3, 0.4) is 0 Å². The first kappa shape index (κ1) is 22.3. The molecule has 0 radical (unpaired) electrons. The zero-order chi connectivity index (χ0) is 22.9. The smallest absolute Gasteiger partial charge is 0.427 e. The second-order valence-electron chi connectivity index (χ2n) is 7.86. The van der Waals surface area contributed by atoms with Crippen molar-refractivity contribution in [3.05, 3.63) is 82.4 Å². The summed E-state index contributed by atoms with van der Waals surface area (Å²) >= 11 is 6.18. The number of fused-ring (bicyclic) bond motifs is 1. The largest absolute Gasteiger partial charge is 0.477 e. The Balaban J connectivity index is 1.66. The van der Waals surface area contributed by atoms with Crippen molar-refractivity contribution in [3.8, 4) is 17.2 Å². The fraction of sp³-hybridized carbons (Fsp3) is 0.280. The summed E-state index contributed by atoms with van der Waals surface area (Å²) in [6.07, 6.45) is -5.59. The molecule has 0 spiro atoms. The van der Waals surface area contributed by atoms with E-state index < -0.39 is 12.3 Å². The Morgan fingerprint density at radius 2 is 1.81 bits per heavy atom. The van der Waals surface area contributed by atoms with E-state index in [2.05, 4.69) is 0 Å². The molecule has 0 N–H and O–H groups in total. The van der Waals surface area contributed by atoms with E-state index in [1.165, 1.54) is 6.07 Å². The van der Waals surface area contributed by atoms with Gasteiger partial charge in [0.1, 0.15) is 17.2 Å². The minimum atomic E-state index is -4.46. The van der Waals surface area contributed by atoms with Gasteiger partial charge in [-0.2, -0.15) is 13.2 Å². The molecule has 4 rings (SSSR count). The zero-order valence-corrected chi connectivity index (χ0v) is 18.5. The summed E-state index contributed by atoms with van der Waals surface area (Å²) in [4.78, 5) is 1.69. The van der Waals surface area contributed by atoms with E-state index in [-0.39, 0.29) is 12.3 Å². The molecule has 1 heterocycles. The van der Waals surface area contributed by atoms with Crippen LogP contribution >= 0.6 is 11.6 Å². The molecule has 0 saturated carbocycles. The number of nitrogens with zero attached hydrogens (tertiary/aromatic N) is 1. The molecule has 0 amide bonds. The maximum atomic E-state index is 13.5. The van der Waals surface area contributed by atoms with Gasteiger partial charge in [-0.1, -0.05) is 48.4 Å². The SMILES string of the molecule is CCc1cc(Oc2ccc3c(c2)N(Cc2cccc(C)c2)C[C@H](C(F)(F)F)O3)ccc1Cl. The normalized spacial score (nSPS) is 15.8. The second kappa shape index (κ2) is 8.94. The van der Waals surface area contributed by atoms with E-state index in [0.717, 1.165) is 23.1 Å². The fourth-order valence-electron chi connectivity index (χ4n) is 3.77. The monoisotopic (exact) mass is 461 g/mol. The summed E-state index contributed by atoms with van der Waals surface area (Å²) in [5.41, 5.74) is 3.50. The maximum Gasteiger partial charge on any atom is 0.427 e. The predicted molar refractivity (Wildman–Crippen MR) is 120 cm³/mol. The Morgan fingerprint density at radius 1 is 1.06 bits per heavy atom. The maximum absolute atomic E-state index is 13.5. The highest BCUT2D eigenvalue weighted by molar-refractivity contribution is 6.31. The molecule has 0 fully saturated rings. The van der Waals surface area contributed by atoms with Crippen molar-refractivity contribution in [2.24, 2.45) is 0 Å². The first-order valence-corrected chi connectivity index (χ1v) is 10.7. The fourth-order valence-corrected chi connectivity index (χ4v) is 4.02. The molecule has 3 aromatic rings. The number of halogens is 4. The predicted octanol–water partition coefficient (Wildman–Crippen LogP) is 7.33. The van der Waals surface area contributed by atoms with Gasteiger partial charge in [0.15, 0.2) is 0 Å². The minimum Gasteiger partial charge on any atom is -0.477 e. The van der Waals surface area contributed by atoms with E-state index in [4.69, 9.17) is 21.1 Å². The van der Waals surface area contributed by atoms with Gasteiger partial charge < -0.3 is 14.4 Å². The van der Waals surface area contributed by atoms with Gasteiger partial charge in [-0.05, 0) is 54.8 Å². The molecule has 1 aliphatic heterocycles. The minimum absolute atomic E-state index is 0.184. The number of benzene rings is 3. The van der Waals surface area contributed by atoms with Crippen LogP contribution in [-0.2, 0) is 13.0 Å². The molecule has 0 unspecified atom stereocenters. The zero-order valence-electron chi connectivity index (χ0n) is 17.7. The molecule has 32 heavy (non-hydrogen) atoms. The van der Waals surface area contributed by atoms with Gasteiger partial charge in [-0.3, -0.25) is 0 Å². The van der Waals surface area contributed by atoms with Crippen LogP contribution in [0.1, 0.15) is 23.6 Å². The highest BCUT2D eigenvalue weighted by Gasteiger charge is 2.45. The van der Waals surface area contributed by atoms with Crippen molar-refractivity contribution in [1.29, 1.82) is 0 Å². The molecule has 0 aromatic heterocycles. The lowest BCUT2D eigenvalue weighted by Crippen LogP contribution is -2.47. The van der Waals surface area contributed by atoms with Gasteiger partial charge in [0, 0.05) is 17.6 Å². The number of hydrogen-bond acceptors (Lipinski definition) is 3. The van der Waals surface area contributed by atoms with Crippen molar-refractivity contribution in [1.82, 2.24) is 0 Å². The highest BCUT2D eigenvalue weighted by atomic mass is 35.5. The van der Waals surface area contributed by atoms with E-state index in [0.29, 0.717) is 28.8 Å². The summed E-state index contributed by atoms with van der Waals surface area (Å²) in [6.45, 7) is 3.99. The van der Waals surface area contributed by atoms with Gasteiger partial charge in [-0.25, -0.2) is 0 Å². The Kier molecular flexibility index (Phi) is 6.24. The van der Waals surface area contributed by atoms with Crippen LogP contribution in [0.25, 0.3) is 0 Å². The van der Waals surface area contributed by atoms with Crippen LogP contribution in [0, 0.1) is 6.92 Å². The third-order valence-electron chi connectivity index (χ3n) is 5.38. The van der Waals surface area contributed by atoms with Crippen molar-refractivity contribution in [3.63, 3.8) is 0 Å². The molecular weight excluding hydrogens is 439 g/mol. The summed E-state index contributed by atoms with van der Waals surface area (Å²) in [5.74, 6) is 1.31. The topological polar surface area (TPSA) is 21.7 Å². The van der Waals surface area contributed by atoms with Gasteiger partial charge in [0.25, 0.3) is 0 Å². The lowest BCUT2D eigenvalue weighted by atomic mass is 10.1. The number of alkyl halides is 3. The van der Waals surface area contributed by atoms with Crippen molar-refractivity contribution >= 4 is 17.3 Å². The first-order chi connectivity index (χ1) is 15.2. The molecule has 7 heteroatoms.